The number of nitrogens with one attached hydrogen (secondary N) is 2. The summed E-state index contributed by atoms with van der Waals surface area (Å²) in [4.78, 5) is 48.3. The third-order valence-electron chi connectivity index (χ3n) is 6.07. The monoisotopic (exact) mass is 526 g/mol. The minimum atomic E-state index is -1.06. The Balaban J connectivity index is 1.65. The Morgan fingerprint density at radius 2 is 1.28 bits per heavy atom. The summed E-state index contributed by atoms with van der Waals surface area (Å²) >= 11 is 0. The molecular formula is C29H26N4O6. The number of aromatic amines is 2. The molecule has 10 heteroatoms. The number of carboxylic acids is 2. The van der Waals surface area contributed by atoms with Gasteiger partial charge < -0.3 is 10.2 Å². The van der Waals surface area contributed by atoms with Gasteiger partial charge >= 0.3 is 11.9 Å². The van der Waals surface area contributed by atoms with Gasteiger partial charge in [-0.25, -0.2) is 19.0 Å². The number of aromatic carboxylic acids is 2. The van der Waals surface area contributed by atoms with E-state index in [0.29, 0.717) is 33.2 Å². The molecule has 2 aromatic carbocycles. The van der Waals surface area contributed by atoms with Gasteiger partial charge in [-0.2, -0.15) is 0 Å². The average Bonchev–Trinajstić information content (AvgIpc) is 3.33. The summed E-state index contributed by atoms with van der Waals surface area (Å²) in [6.45, 7) is 9.34. The van der Waals surface area contributed by atoms with Crippen LogP contribution in [0.15, 0.2) is 75.3 Å². The van der Waals surface area contributed by atoms with Crippen molar-refractivity contribution < 1.29 is 19.8 Å². The molecule has 0 spiro atoms. The minimum Gasteiger partial charge on any atom is -0.478 e. The van der Waals surface area contributed by atoms with Gasteiger partial charge in [0.15, 0.2) is 0 Å². The first kappa shape index (κ1) is 26.7. The third-order valence-corrected chi connectivity index (χ3v) is 6.07. The SMILES string of the molecule is C=c1[nH]n(-c2ccc(C(=O)O)cc2)c(=O)c1=CC(C)=CC(C)=Cc1c(C)[nH]n(-c2ccc(C(=O)O)cc2)c1=O. The van der Waals surface area contributed by atoms with E-state index >= 15 is 0 Å². The Bertz CT molecular complexity index is 1880. The van der Waals surface area contributed by atoms with Gasteiger partial charge in [0.05, 0.1) is 38.6 Å². The summed E-state index contributed by atoms with van der Waals surface area (Å²) in [5.74, 6) is -2.10. The summed E-state index contributed by atoms with van der Waals surface area (Å²) in [6, 6.07) is 11.9. The molecule has 0 bridgehead atoms. The molecule has 198 valence electrons. The van der Waals surface area contributed by atoms with Crippen LogP contribution in [0.1, 0.15) is 45.8 Å². The minimum absolute atomic E-state index is 0.113. The molecule has 0 fully saturated rings. The van der Waals surface area contributed by atoms with E-state index in [1.807, 2.05) is 19.9 Å². The maximum atomic E-state index is 13.1. The number of allylic oxidation sites excluding steroid dienone is 3. The summed E-state index contributed by atoms with van der Waals surface area (Å²) in [5.41, 5.74) is 3.20. The van der Waals surface area contributed by atoms with Gasteiger partial charge in [-0.1, -0.05) is 18.2 Å². The molecule has 0 atom stereocenters. The molecule has 4 aromatic rings. The summed E-state index contributed by atoms with van der Waals surface area (Å²) in [7, 11) is 0. The van der Waals surface area contributed by atoms with Crippen LogP contribution in [0, 0.1) is 6.92 Å². The zero-order valence-corrected chi connectivity index (χ0v) is 21.5. The van der Waals surface area contributed by atoms with E-state index in [9.17, 15) is 19.2 Å². The van der Waals surface area contributed by atoms with Crippen molar-refractivity contribution in [1.82, 2.24) is 19.6 Å². The van der Waals surface area contributed by atoms with Crippen molar-refractivity contribution in [2.75, 3.05) is 0 Å². The number of carboxylic acid groups (broad SMARTS) is 2. The predicted molar refractivity (Wildman–Crippen MR) is 148 cm³/mol. The topological polar surface area (TPSA) is 150 Å². The maximum Gasteiger partial charge on any atom is 0.335 e. The lowest BCUT2D eigenvalue weighted by molar-refractivity contribution is 0.0686. The molecule has 39 heavy (non-hydrogen) atoms. The second kappa shape index (κ2) is 10.5. The Kier molecular flexibility index (Phi) is 7.21. The number of benzene rings is 2. The highest BCUT2D eigenvalue weighted by atomic mass is 16.4. The molecule has 4 N–H and O–H groups in total. The van der Waals surface area contributed by atoms with E-state index < -0.39 is 11.9 Å². The molecule has 0 amide bonds. The van der Waals surface area contributed by atoms with Crippen molar-refractivity contribution in [2.45, 2.75) is 20.8 Å². The van der Waals surface area contributed by atoms with Crippen molar-refractivity contribution >= 4 is 30.7 Å². The van der Waals surface area contributed by atoms with Crippen molar-refractivity contribution in [3.63, 3.8) is 0 Å². The molecule has 0 unspecified atom stereocenters. The standard InChI is InChI=1S/C29H26N4O6/c1-16(14-24-18(3)30-32(26(24)34)22-9-5-20(6-10-22)28(36)37)13-17(2)15-25-19(4)31-33(27(25)35)23-11-7-21(8-12-23)29(38)39/h5-15,30-31H,3H2,1-2,4H3,(H,36,37)(H,38,39). The number of H-pyrrole nitrogens is 2. The van der Waals surface area contributed by atoms with E-state index in [1.165, 1.54) is 45.8 Å². The fourth-order valence-corrected chi connectivity index (χ4v) is 4.14. The predicted octanol–water partition coefficient (Wildman–Crippen LogP) is 2.59. The van der Waals surface area contributed by atoms with Crippen LogP contribution in [0.2, 0.25) is 0 Å². The molecular weight excluding hydrogens is 500 g/mol. The molecule has 0 aliphatic rings. The summed E-state index contributed by atoms with van der Waals surface area (Å²) in [6.07, 6.45) is 5.25. The highest BCUT2D eigenvalue weighted by Crippen LogP contribution is 2.13. The number of hydrogen-bond donors (Lipinski definition) is 4. The quantitative estimate of drug-likeness (QED) is 0.272. The highest BCUT2D eigenvalue weighted by Gasteiger charge is 2.12. The lowest BCUT2D eigenvalue weighted by Gasteiger charge is -2.01. The Hall–Kier alpha value is -5.38. The van der Waals surface area contributed by atoms with Gasteiger partial charge in [-0.3, -0.25) is 19.8 Å². The van der Waals surface area contributed by atoms with Gasteiger partial charge in [-0.15, -0.1) is 0 Å². The van der Waals surface area contributed by atoms with E-state index in [-0.39, 0.29) is 22.2 Å². The van der Waals surface area contributed by atoms with E-state index in [0.717, 1.165) is 11.1 Å². The van der Waals surface area contributed by atoms with Crippen LogP contribution in [0.3, 0.4) is 0 Å². The van der Waals surface area contributed by atoms with Crippen LogP contribution in [-0.2, 0) is 0 Å². The molecule has 0 aliphatic heterocycles. The van der Waals surface area contributed by atoms with Crippen LogP contribution in [0.5, 0.6) is 0 Å². The smallest absolute Gasteiger partial charge is 0.335 e. The Morgan fingerprint density at radius 1 is 0.795 bits per heavy atom. The third kappa shape index (κ3) is 5.49. The van der Waals surface area contributed by atoms with Gasteiger partial charge in [0.1, 0.15) is 0 Å². The zero-order valence-electron chi connectivity index (χ0n) is 21.5. The molecule has 0 aliphatic carbocycles. The average molecular weight is 527 g/mol. The van der Waals surface area contributed by atoms with Crippen molar-refractivity contribution in [3.05, 3.63) is 119 Å². The maximum absolute atomic E-state index is 13.1. The van der Waals surface area contributed by atoms with Crippen LogP contribution in [-0.4, -0.2) is 41.7 Å². The second-order valence-electron chi connectivity index (χ2n) is 9.06. The van der Waals surface area contributed by atoms with E-state index in [2.05, 4.69) is 16.8 Å². The van der Waals surface area contributed by atoms with E-state index in [1.54, 1.807) is 31.2 Å². The fourth-order valence-electron chi connectivity index (χ4n) is 4.14. The van der Waals surface area contributed by atoms with Gasteiger partial charge in [-0.05, 0) is 87.0 Å². The summed E-state index contributed by atoms with van der Waals surface area (Å²) in [5, 5.41) is 24.8. The highest BCUT2D eigenvalue weighted by molar-refractivity contribution is 5.88. The van der Waals surface area contributed by atoms with Crippen LogP contribution in [0.4, 0.5) is 0 Å². The van der Waals surface area contributed by atoms with Gasteiger partial charge in [0.25, 0.3) is 11.1 Å². The number of nitrogens with zero attached hydrogens (tertiary/aromatic N) is 2. The molecule has 0 saturated carbocycles. The van der Waals surface area contributed by atoms with Crippen molar-refractivity contribution in [2.24, 2.45) is 0 Å². The lowest BCUT2D eigenvalue weighted by Crippen LogP contribution is -2.33. The fraction of sp³-hybridized carbons (Fsp3) is 0.103. The molecule has 2 aromatic heterocycles. The number of rotatable bonds is 7. The molecule has 10 nitrogen and oxygen atoms in total. The Morgan fingerprint density at radius 3 is 1.77 bits per heavy atom. The molecule has 2 heterocycles. The molecule has 0 radical (unpaired) electrons. The Labute approximate surface area is 221 Å². The van der Waals surface area contributed by atoms with Gasteiger partial charge in [0, 0.05) is 5.69 Å². The normalized spacial score (nSPS) is 12.6. The zero-order chi connectivity index (χ0) is 28.4. The van der Waals surface area contributed by atoms with Crippen molar-refractivity contribution in [1.29, 1.82) is 0 Å². The van der Waals surface area contributed by atoms with E-state index in [4.69, 9.17) is 10.2 Å². The largest absolute Gasteiger partial charge is 0.478 e. The molecule has 4 rings (SSSR count). The number of aryl methyl sites for hydroxylation is 1. The molecule has 0 saturated heterocycles. The first-order valence-corrected chi connectivity index (χ1v) is 11.8. The number of carbonyl (C=O) groups is 2. The van der Waals surface area contributed by atoms with Crippen LogP contribution < -0.4 is 21.7 Å². The first-order valence-electron chi connectivity index (χ1n) is 11.8. The number of aromatic nitrogens is 4. The first-order chi connectivity index (χ1) is 18.5. The summed E-state index contributed by atoms with van der Waals surface area (Å²) < 4.78 is 2.65. The van der Waals surface area contributed by atoms with Crippen molar-refractivity contribution in [3.8, 4) is 11.4 Å². The van der Waals surface area contributed by atoms with Gasteiger partial charge in [0.2, 0.25) is 0 Å². The lowest BCUT2D eigenvalue weighted by atomic mass is 10.1. The second-order valence-corrected chi connectivity index (χ2v) is 9.06. The number of hydrogen-bond acceptors (Lipinski definition) is 4. The van der Waals surface area contributed by atoms with Crippen LogP contribution >= 0.6 is 0 Å². The van der Waals surface area contributed by atoms with Crippen LogP contribution in [0.25, 0.3) is 30.1 Å².